The Morgan fingerprint density at radius 3 is 2.47 bits per heavy atom. The molecule has 2 rings (SSSR count). The molecular formula is C11H15ClN6O. The second kappa shape index (κ2) is 5.40. The maximum Gasteiger partial charge on any atom is 0.230 e. The van der Waals surface area contributed by atoms with Crippen molar-refractivity contribution in [1.82, 2.24) is 19.9 Å². The third kappa shape index (κ3) is 3.31. The van der Waals surface area contributed by atoms with Gasteiger partial charge in [0, 0.05) is 14.1 Å². The molecule has 2 aromatic heterocycles. The van der Waals surface area contributed by atoms with Crippen molar-refractivity contribution in [2.75, 3.05) is 24.3 Å². The lowest BCUT2D eigenvalue weighted by Crippen LogP contribution is -2.15. The summed E-state index contributed by atoms with van der Waals surface area (Å²) >= 11 is 5.84. The van der Waals surface area contributed by atoms with Gasteiger partial charge in [0.2, 0.25) is 23.1 Å². The number of nitrogens with one attached hydrogen (secondary N) is 1. The third-order valence-electron chi connectivity index (χ3n) is 2.47. The predicted octanol–water partition coefficient (Wildman–Crippen LogP) is 1.81. The Balaban J connectivity index is 2.11. The van der Waals surface area contributed by atoms with Crippen LogP contribution in [-0.2, 0) is 6.54 Å². The van der Waals surface area contributed by atoms with Crippen LogP contribution in [0.2, 0.25) is 5.28 Å². The zero-order chi connectivity index (χ0) is 14.0. The topological polar surface area (TPSA) is 80.0 Å². The average Bonchev–Trinajstić information content (AvgIpc) is 2.65. The molecule has 0 fully saturated rings. The van der Waals surface area contributed by atoms with Gasteiger partial charge in [-0.25, -0.2) is 4.98 Å². The first-order chi connectivity index (χ1) is 8.95. The summed E-state index contributed by atoms with van der Waals surface area (Å²) < 4.78 is 5.46. The lowest BCUT2D eigenvalue weighted by molar-refractivity contribution is 0.478. The van der Waals surface area contributed by atoms with E-state index in [-0.39, 0.29) is 5.28 Å². The maximum atomic E-state index is 5.84. The van der Waals surface area contributed by atoms with Crippen molar-refractivity contribution in [2.24, 2.45) is 0 Å². The van der Waals surface area contributed by atoms with E-state index in [4.69, 9.17) is 16.0 Å². The molecule has 2 aromatic rings. The number of rotatable bonds is 4. The number of aryl methyl sites for hydroxylation is 2. The van der Waals surface area contributed by atoms with Gasteiger partial charge in [-0.1, -0.05) is 0 Å². The van der Waals surface area contributed by atoms with Crippen LogP contribution in [-0.4, -0.2) is 34.0 Å². The van der Waals surface area contributed by atoms with E-state index < -0.39 is 0 Å². The Bertz CT molecular complexity index is 563. The number of anilines is 2. The van der Waals surface area contributed by atoms with Crippen molar-refractivity contribution in [1.29, 1.82) is 0 Å². The minimum absolute atomic E-state index is 0.140. The Morgan fingerprint density at radius 1 is 1.16 bits per heavy atom. The molecule has 0 spiro atoms. The first-order valence-electron chi connectivity index (χ1n) is 5.71. The van der Waals surface area contributed by atoms with E-state index in [1.807, 2.05) is 27.9 Å². The summed E-state index contributed by atoms with van der Waals surface area (Å²) in [6.07, 6.45) is 0. The highest BCUT2D eigenvalue weighted by Gasteiger charge is 2.09. The summed E-state index contributed by atoms with van der Waals surface area (Å²) in [5.41, 5.74) is 0.874. The quantitative estimate of drug-likeness (QED) is 0.916. The second-order valence-electron chi connectivity index (χ2n) is 4.23. The van der Waals surface area contributed by atoms with Crippen LogP contribution in [0.15, 0.2) is 4.42 Å². The summed E-state index contributed by atoms with van der Waals surface area (Å²) in [6, 6.07) is 0. The van der Waals surface area contributed by atoms with Gasteiger partial charge in [-0.15, -0.1) is 0 Å². The molecular weight excluding hydrogens is 268 g/mol. The molecule has 0 radical (unpaired) electrons. The molecule has 0 saturated carbocycles. The fourth-order valence-electron chi connectivity index (χ4n) is 1.39. The summed E-state index contributed by atoms with van der Waals surface area (Å²) in [5, 5.41) is 3.15. The van der Waals surface area contributed by atoms with Gasteiger partial charge >= 0.3 is 0 Å². The monoisotopic (exact) mass is 282 g/mol. The van der Waals surface area contributed by atoms with E-state index in [9.17, 15) is 0 Å². The van der Waals surface area contributed by atoms with E-state index >= 15 is 0 Å². The zero-order valence-corrected chi connectivity index (χ0v) is 12.0. The summed E-state index contributed by atoms with van der Waals surface area (Å²) in [6.45, 7) is 4.16. The molecule has 102 valence electrons. The fraction of sp³-hybridized carbons (Fsp3) is 0.455. The van der Waals surface area contributed by atoms with E-state index in [0.29, 0.717) is 24.3 Å². The minimum atomic E-state index is 0.140. The van der Waals surface area contributed by atoms with Crippen molar-refractivity contribution < 1.29 is 4.42 Å². The van der Waals surface area contributed by atoms with Crippen LogP contribution in [0.3, 0.4) is 0 Å². The molecule has 0 bridgehead atoms. The van der Waals surface area contributed by atoms with Gasteiger partial charge in [0.25, 0.3) is 0 Å². The van der Waals surface area contributed by atoms with Crippen LogP contribution in [0.25, 0.3) is 0 Å². The number of nitrogens with zero attached hydrogens (tertiary/aromatic N) is 5. The van der Waals surface area contributed by atoms with E-state index in [1.54, 1.807) is 4.90 Å². The van der Waals surface area contributed by atoms with Crippen LogP contribution in [0.1, 0.15) is 17.3 Å². The minimum Gasteiger partial charge on any atom is -0.444 e. The van der Waals surface area contributed by atoms with Gasteiger partial charge in [0.1, 0.15) is 5.76 Å². The highest BCUT2D eigenvalue weighted by Crippen LogP contribution is 2.13. The molecule has 0 aliphatic rings. The number of halogens is 1. The Hall–Kier alpha value is -1.89. The Kier molecular flexibility index (Phi) is 3.84. The number of oxazole rings is 1. The first kappa shape index (κ1) is 13.5. The van der Waals surface area contributed by atoms with Crippen LogP contribution in [0.4, 0.5) is 11.9 Å². The molecule has 8 heteroatoms. The summed E-state index contributed by atoms with van der Waals surface area (Å²) in [4.78, 5) is 18.2. The van der Waals surface area contributed by atoms with Gasteiger partial charge < -0.3 is 14.6 Å². The van der Waals surface area contributed by atoms with Crippen molar-refractivity contribution in [3.05, 3.63) is 22.6 Å². The second-order valence-corrected chi connectivity index (χ2v) is 4.56. The predicted molar refractivity (Wildman–Crippen MR) is 72.5 cm³/mol. The highest BCUT2D eigenvalue weighted by molar-refractivity contribution is 6.28. The van der Waals surface area contributed by atoms with Gasteiger partial charge in [-0.3, -0.25) is 0 Å². The van der Waals surface area contributed by atoms with E-state index in [1.165, 1.54) is 0 Å². The summed E-state index contributed by atoms with van der Waals surface area (Å²) in [5.74, 6) is 2.26. The molecule has 2 heterocycles. The van der Waals surface area contributed by atoms with Crippen LogP contribution < -0.4 is 10.2 Å². The van der Waals surface area contributed by atoms with Gasteiger partial charge in [0.15, 0.2) is 0 Å². The third-order valence-corrected chi connectivity index (χ3v) is 2.64. The normalized spacial score (nSPS) is 10.6. The van der Waals surface area contributed by atoms with Gasteiger partial charge in [-0.05, 0) is 25.4 Å². The number of hydrogen-bond acceptors (Lipinski definition) is 7. The molecule has 0 aromatic carbocycles. The van der Waals surface area contributed by atoms with E-state index in [2.05, 4.69) is 25.3 Å². The maximum absolute atomic E-state index is 5.84. The smallest absolute Gasteiger partial charge is 0.230 e. The first-order valence-corrected chi connectivity index (χ1v) is 6.09. The fourth-order valence-corrected chi connectivity index (χ4v) is 1.54. The molecule has 0 amide bonds. The van der Waals surface area contributed by atoms with Gasteiger partial charge in [0.05, 0.1) is 12.2 Å². The van der Waals surface area contributed by atoms with Crippen LogP contribution >= 0.6 is 11.6 Å². The lowest BCUT2D eigenvalue weighted by atomic mass is 10.4. The molecule has 0 aliphatic heterocycles. The zero-order valence-electron chi connectivity index (χ0n) is 11.2. The highest BCUT2D eigenvalue weighted by atomic mass is 35.5. The van der Waals surface area contributed by atoms with Crippen LogP contribution in [0.5, 0.6) is 0 Å². The largest absolute Gasteiger partial charge is 0.444 e. The molecule has 0 aliphatic carbocycles. The Labute approximate surface area is 116 Å². The standard InChI is InChI=1S/C11H15ClN6O/c1-6-7(2)19-8(14-6)5-13-10-15-9(12)16-11(17-10)18(3)4/h5H2,1-4H3,(H,13,15,16,17). The van der Waals surface area contributed by atoms with E-state index in [0.717, 1.165) is 11.5 Å². The lowest BCUT2D eigenvalue weighted by Gasteiger charge is -2.11. The van der Waals surface area contributed by atoms with Crippen LogP contribution in [0, 0.1) is 13.8 Å². The van der Waals surface area contributed by atoms with Gasteiger partial charge in [-0.2, -0.15) is 15.0 Å². The van der Waals surface area contributed by atoms with Crippen molar-refractivity contribution in [3.63, 3.8) is 0 Å². The molecule has 7 nitrogen and oxygen atoms in total. The average molecular weight is 283 g/mol. The molecule has 19 heavy (non-hydrogen) atoms. The molecule has 1 N–H and O–H groups in total. The van der Waals surface area contributed by atoms with Crippen molar-refractivity contribution in [3.8, 4) is 0 Å². The molecule has 0 unspecified atom stereocenters. The summed E-state index contributed by atoms with van der Waals surface area (Å²) in [7, 11) is 3.66. The van der Waals surface area contributed by atoms with Crippen molar-refractivity contribution in [2.45, 2.75) is 20.4 Å². The Morgan fingerprint density at radius 2 is 1.89 bits per heavy atom. The number of aromatic nitrogens is 4. The number of hydrogen-bond donors (Lipinski definition) is 1. The van der Waals surface area contributed by atoms with Crippen molar-refractivity contribution >= 4 is 23.5 Å². The molecule has 0 saturated heterocycles. The molecule has 0 atom stereocenters. The SMILES string of the molecule is Cc1nc(CNc2nc(Cl)nc(N(C)C)n2)oc1C.